The largest absolute Gasteiger partial charge is 0.348 e. The fourth-order valence-corrected chi connectivity index (χ4v) is 2.86. The van der Waals surface area contributed by atoms with Crippen molar-refractivity contribution in [2.75, 3.05) is 0 Å². The van der Waals surface area contributed by atoms with E-state index in [1.165, 1.54) is 4.57 Å². The number of nitrogens with zero attached hydrogens (tertiary/aromatic N) is 2. The molecule has 5 nitrogen and oxygen atoms in total. The van der Waals surface area contributed by atoms with E-state index in [-0.39, 0.29) is 24.1 Å². The van der Waals surface area contributed by atoms with Crippen LogP contribution in [-0.2, 0) is 11.3 Å². The van der Waals surface area contributed by atoms with Gasteiger partial charge in [-0.05, 0) is 43.7 Å². The number of carbonyl (C=O) groups is 1. The van der Waals surface area contributed by atoms with Crippen LogP contribution in [0.2, 0.25) is 5.02 Å². The third kappa shape index (κ3) is 3.72. The van der Waals surface area contributed by atoms with Crippen molar-refractivity contribution >= 4 is 28.4 Å². The second-order valence-electron chi connectivity index (χ2n) is 5.91. The van der Waals surface area contributed by atoms with Crippen LogP contribution in [-0.4, -0.2) is 15.5 Å². The van der Waals surface area contributed by atoms with Crippen LogP contribution in [0.15, 0.2) is 53.3 Å². The van der Waals surface area contributed by atoms with E-state index in [9.17, 15) is 9.59 Å². The molecule has 0 aliphatic heterocycles. The summed E-state index contributed by atoms with van der Waals surface area (Å²) < 4.78 is 1.40. The molecule has 0 fully saturated rings. The van der Waals surface area contributed by atoms with Crippen molar-refractivity contribution in [1.29, 1.82) is 0 Å². The fourth-order valence-electron chi connectivity index (χ4n) is 2.73. The van der Waals surface area contributed by atoms with Crippen molar-refractivity contribution in [3.05, 3.63) is 75.3 Å². The molecule has 0 saturated heterocycles. The van der Waals surface area contributed by atoms with E-state index in [1.54, 1.807) is 37.3 Å². The smallest absolute Gasteiger partial charge is 0.261 e. The highest BCUT2D eigenvalue weighted by Crippen LogP contribution is 2.16. The molecular weight excluding hydrogens is 338 g/mol. The number of aromatic nitrogens is 2. The molecule has 0 radical (unpaired) electrons. The van der Waals surface area contributed by atoms with Crippen LogP contribution in [0.5, 0.6) is 0 Å². The molecule has 1 aromatic heterocycles. The van der Waals surface area contributed by atoms with Crippen LogP contribution >= 0.6 is 11.6 Å². The number of hydrogen-bond donors (Lipinski definition) is 1. The summed E-state index contributed by atoms with van der Waals surface area (Å²) in [5, 5.41) is 4.05. The Kier molecular flexibility index (Phi) is 4.86. The zero-order chi connectivity index (χ0) is 18.0. The number of aryl methyl sites for hydroxylation is 1. The zero-order valence-electron chi connectivity index (χ0n) is 14.0. The Morgan fingerprint density at radius 2 is 1.88 bits per heavy atom. The molecule has 1 N–H and O–H groups in total. The van der Waals surface area contributed by atoms with Crippen molar-refractivity contribution in [3.63, 3.8) is 0 Å². The van der Waals surface area contributed by atoms with Gasteiger partial charge in [0.05, 0.1) is 16.9 Å². The SMILES string of the molecule is Cc1nc2ccccc2c(=O)n1CC(=O)N[C@@H](C)c1ccc(Cl)cc1. The second-order valence-corrected chi connectivity index (χ2v) is 6.34. The van der Waals surface area contributed by atoms with Crippen LogP contribution in [0, 0.1) is 6.92 Å². The molecule has 6 heteroatoms. The maximum Gasteiger partial charge on any atom is 0.261 e. The number of halogens is 1. The molecule has 3 rings (SSSR count). The monoisotopic (exact) mass is 355 g/mol. The van der Waals surface area contributed by atoms with Gasteiger partial charge >= 0.3 is 0 Å². The highest BCUT2D eigenvalue weighted by Gasteiger charge is 2.14. The molecule has 0 spiro atoms. The van der Waals surface area contributed by atoms with Crippen LogP contribution in [0.1, 0.15) is 24.4 Å². The second kappa shape index (κ2) is 7.07. The van der Waals surface area contributed by atoms with Gasteiger partial charge in [-0.3, -0.25) is 14.2 Å². The molecule has 128 valence electrons. The summed E-state index contributed by atoms with van der Waals surface area (Å²) in [7, 11) is 0. The molecule has 1 atom stereocenters. The van der Waals surface area contributed by atoms with E-state index in [2.05, 4.69) is 10.3 Å². The van der Waals surface area contributed by atoms with Gasteiger partial charge in [-0.25, -0.2) is 4.98 Å². The molecule has 0 aliphatic carbocycles. The average Bonchev–Trinajstić information content (AvgIpc) is 2.59. The summed E-state index contributed by atoms with van der Waals surface area (Å²) >= 11 is 5.88. The molecule has 0 aliphatic rings. The summed E-state index contributed by atoms with van der Waals surface area (Å²) in [6.45, 7) is 3.54. The molecule has 1 amide bonds. The van der Waals surface area contributed by atoms with Gasteiger partial charge in [0.2, 0.25) is 5.91 Å². The lowest BCUT2D eigenvalue weighted by Crippen LogP contribution is -2.35. The quantitative estimate of drug-likeness (QED) is 0.781. The van der Waals surface area contributed by atoms with Crippen molar-refractivity contribution in [3.8, 4) is 0 Å². The molecule has 2 aromatic carbocycles. The highest BCUT2D eigenvalue weighted by molar-refractivity contribution is 6.30. The Balaban J connectivity index is 1.80. The van der Waals surface area contributed by atoms with Crippen LogP contribution < -0.4 is 10.9 Å². The Morgan fingerprint density at radius 1 is 1.20 bits per heavy atom. The van der Waals surface area contributed by atoms with Crippen LogP contribution in [0.25, 0.3) is 10.9 Å². The molecular formula is C19H18ClN3O2. The van der Waals surface area contributed by atoms with Gasteiger partial charge in [0.25, 0.3) is 5.56 Å². The maximum atomic E-state index is 12.6. The van der Waals surface area contributed by atoms with Gasteiger partial charge in [0.1, 0.15) is 12.4 Å². The number of fused-ring (bicyclic) bond motifs is 1. The van der Waals surface area contributed by atoms with Crippen molar-refractivity contribution < 1.29 is 4.79 Å². The minimum Gasteiger partial charge on any atom is -0.348 e. The molecule has 0 saturated carbocycles. The first-order chi connectivity index (χ1) is 12.0. The number of carbonyl (C=O) groups excluding carboxylic acids is 1. The Labute approximate surface area is 150 Å². The van der Waals surface area contributed by atoms with E-state index >= 15 is 0 Å². The first-order valence-electron chi connectivity index (χ1n) is 7.96. The first-order valence-corrected chi connectivity index (χ1v) is 8.34. The lowest BCUT2D eigenvalue weighted by molar-refractivity contribution is -0.122. The van der Waals surface area contributed by atoms with Gasteiger partial charge in [0, 0.05) is 5.02 Å². The predicted molar refractivity (Wildman–Crippen MR) is 98.7 cm³/mol. The zero-order valence-corrected chi connectivity index (χ0v) is 14.7. The summed E-state index contributed by atoms with van der Waals surface area (Å²) in [5.74, 6) is 0.266. The summed E-state index contributed by atoms with van der Waals surface area (Å²) in [6, 6.07) is 14.2. The first kappa shape index (κ1) is 17.2. The number of amides is 1. The third-order valence-corrected chi connectivity index (χ3v) is 4.35. The Morgan fingerprint density at radius 3 is 2.60 bits per heavy atom. The predicted octanol–water partition coefficient (Wildman–Crippen LogP) is 3.24. The van der Waals surface area contributed by atoms with E-state index in [0.717, 1.165) is 5.56 Å². The number of hydrogen-bond acceptors (Lipinski definition) is 3. The number of para-hydroxylation sites is 1. The molecule has 0 unspecified atom stereocenters. The highest BCUT2D eigenvalue weighted by atomic mass is 35.5. The van der Waals surface area contributed by atoms with Gasteiger partial charge in [-0.2, -0.15) is 0 Å². The fraction of sp³-hybridized carbons (Fsp3) is 0.211. The van der Waals surface area contributed by atoms with E-state index in [1.807, 2.05) is 25.1 Å². The molecule has 0 bridgehead atoms. The lowest BCUT2D eigenvalue weighted by atomic mass is 10.1. The molecule has 3 aromatic rings. The van der Waals surface area contributed by atoms with Crippen LogP contribution in [0.3, 0.4) is 0 Å². The van der Waals surface area contributed by atoms with Crippen LogP contribution in [0.4, 0.5) is 0 Å². The van der Waals surface area contributed by atoms with Crippen molar-refractivity contribution in [2.45, 2.75) is 26.4 Å². The van der Waals surface area contributed by atoms with Crippen molar-refractivity contribution in [1.82, 2.24) is 14.9 Å². The summed E-state index contributed by atoms with van der Waals surface area (Å²) in [5.41, 5.74) is 1.37. The Bertz CT molecular complexity index is 980. The molecule has 1 heterocycles. The minimum atomic E-state index is -0.246. The van der Waals surface area contributed by atoms with Gasteiger partial charge in [-0.1, -0.05) is 35.9 Å². The topological polar surface area (TPSA) is 64.0 Å². The van der Waals surface area contributed by atoms with Gasteiger partial charge in [-0.15, -0.1) is 0 Å². The standard InChI is InChI=1S/C19H18ClN3O2/c1-12(14-7-9-15(20)10-8-14)21-18(24)11-23-13(2)22-17-6-4-3-5-16(17)19(23)25/h3-10,12H,11H2,1-2H3,(H,21,24)/t12-/m0/s1. The number of benzene rings is 2. The van der Waals surface area contributed by atoms with Crippen molar-refractivity contribution in [2.24, 2.45) is 0 Å². The van der Waals surface area contributed by atoms with Gasteiger partial charge in [0.15, 0.2) is 0 Å². The van der Waals surface area contributed by atoms with Gasteiger partial charge < -0.3 is 5.32 Å². The summed E-state index contributed by atoms with van der Waals surface area (Å²) in [4.78, 5) is 29.4. The molecule has 25 heavy (non-hydrogen) atoms. The number of rotatable bonds is 4. The van der Waals surface area contributed by atoms with E-state index in [0.29, 0.717) is 21.7 Å². The summed E-state index contributed by atoms with van der Waals surface area (Å²) in [6.07, 6.45) is 0. The average molecular weight is 356 g/mol. The lowest BCUT2D eigenvalue weighted by Gasteiger charge is -2.16. The van der Waals surface area contributed by atoms with E-state index in [4.69, 9.17) is 11.6 Å². The number of nitrogens with one attached hydrogen (secondary N) is 1. The van der Waals surface area contributed by atoms with E-state index < -0.39 is 0 Å². The Hall–Kier alpha value is -2.66. The maximum absolute atomic E-state index is 12.6. The third-order valence-electron chi connectivity index (χ3n) is 4.10. The normalized spacial score (nSPS) is 12.1. The minimum absolute atomic E-state index is 0.0690.